The fourth-order valence-electron chi connectivity index (χ4n) is 5.08. The van der Waals surface area contributed by atoms with Crippen LogP contribution < -0.4 is 5.32 Å². The molecule has 0 saturated carbocycles. The molecule has 0 amide bonds. The van der Waals surface area contributed by atoms with Crippen LogP contribution in [0.25, 0.3) is 11.4 Å². The van der Waals surface area contributed by atoms with Crippen molar-refractivity contribution in [3.8, 4) is 11.4 Å². The topological polar surface area (TPSA) is 74.7 Å². The molecule has 1 aromatic carbocycles. The molecule has 7 nitrogen and oxygen atoms in total. The number of imidazole rings is 1. The number of hydrogen-bond donors (Lipinski definition) is 2. The van der Waals surface area contributed by atoms with Gasteiger partial charge in [-0.15, -0.1) is 0 Å². The molecule has 0 aliphatic carbocycles. The van der Waals surface area contributed by atoms with E-state index in [9.17, 15) is 4.39 Å². The number of benzene rings is 1. The Labute approximate surface area is 219 Å². The van der Waals surface area contributed by atoms with E-state index in [0.717, 1.165) is 25.1 Å². The molecular formula is C27H30ClF2N7. The number of aromatic amines is 1. The number of likely N-dealkylation sites (tertiary alicyclic amines) is 1. The van der Waals surface area contributed by atoms with Crippen LogP contribution in [0.5, 0.6) is 0 Å². The molecule has 194 valence electrons. The fraction of sp³-hybridized carbons (Fsp3) is 0.370. The molecule has 4 aromatic rings. The molecule has 5 rings (SSSR count). The van der Waals surface area contributed by atoms with Crippen LogP contribution in [0.3, 0.4) is 0 Å². The standard InChI is InChI=1S/C27H30ClF2N7/c1-16-11-24(35-34-16)33-23-14-20(27-31-8-10-36(27)3)26(30)22(32-23)13-18-7-9-37(17(2)12-18)15-19-5-4-6-21(28)25(19)29/h4-6,8,10-11,14,17-18H,7,9,12-13,15H2,1-3H3,(H2,32,33,34,35)/t17-,18-/m1/s1. The summed E-state index contributed by atoms with van der Waals surface area (Å²) in [6.45, 7) is 5.33. The van der Waals surface area contributed by atoms with E-state index in [-0.39, 0.29) is 28.6 Å². The van der Waals surface area contributed by atoms with Crippen LogP contribution in [-0.2, 0) is 20.0 Å². The number of pyridine rings is 1. The molecule has 37 heavy (non-hydrogen) atoms. The summed E-state index contributed by atoms with van der Waals surface area (Å²) in [6, 6.07) is 8.87. The number of anilines is 2. The first-order valence-corrected chi connectivity index (χ1v) is 12.8. The quantitative estimate of drug-likeness (QED) is 0.308. The highest BCUT2D eigenvalue weighted by molar-refractivity contribution is 6.30. The summed E-state index contributed by atoms with van der Waals surface area (Å²) in [4.78, 5) is 11.3. The molecule has 0 bridgehead atoms. The highest BCUT2D eigenvalue weighted by Gasteiger charge is 2.28. The number of piperidine rings is 1. The summed E-state index contributed by atoms with van der Waals surface area (Å²) >= 11 is 5.97. The molecule has 0 radical (unpaired) electrons. The van der Waals surface area contributed by atoms with Crippen LogP contribution in [0.15, 0.2) is 42.7 Å². The Balaban J connectivity index is 1.36. The summed E-state index contributed by atoms with van der Waals surface area (Å²) in [5.41, 5.74) is 2.31. The molecule has 2 N–H and O–H groups in total. The van der Waals surface area contributed by atoms with Gasteiger partial charge >= 0.3 is 0 Å². The number of hydrogen-bond acceptors (Lipinski definition) is 5. The second-order valence-electron chi connectivity index (χ2n) is 9.87. The van der Waals surface area contributed by atoms with E-state index in [1.807, 2.05) is 20.0 Å². The van der Waals surface area contributed by atoms with Crippen molar-refractivity contribution >= 4 is 23.2 Å². The van der Waals surface area contributed by atoms with Crippen LogP contribution in [0.2, 0.25) is 5.02 Å². The first kappa shape index (κ1) is 25.4. The normalized spacial score (nSPS) is 18.3. The van der Waals surface area contributed by atoms with Gasteiger partial charge in [0.2, 0.25) is 0 Å². The summed E-state index contributed by atoms with van der Waals surface area (Å²) in [5, 5.41) is 10.5. The van der Waals surface area contributed by atoms with E-state index in [4.69, 9.17) is 11.6 Å². The van der Waals surface area contributed by atoms with Crippen molar-refractivity contribution in [3.05, 3.63) is 76.3 Å². The number of nitrogens with zero attached hydrogens (tertiary/aromatic N) is 5. The minimum Gasteiger partial charge on any atom is -0.334 e. The minimum absolute atomic E-state index is 0.142. The zero-order valence-corrected chi connectivity index (χ0v) is 21.9. The van der Waals surface area contributed by atoms with E-state index in [2.05, 4.69) is 37.3 Å². The highest BCUT2D eigenvalue weighted by Crippen LogP contribution is 2.32. The largest absolute Gasteiger partial charge is 0.334 e. The third-order valence-corrected chi connectivity index (χ3v) is 7.35. The predicted octanol–water partition coefficient (Wildman–Crippen LogP) is 6.03. The Hall–Kier alpha value is -3.30. The van der Waals surface area contributed by atoms with Gasteiger partial charge in [-0.25, -0.2) is 18.7 Å². The third-order valence-electron chi connectivity index (χ3n) is 7.06. The Morgan fingerprint density at radius 1 is 1.19 bits per heavy atom. The zero-order chi connectivity index (χ0) is 26.1. The van der Waals surface area contributed by atoms with Gasteiger partial charge in [-0.1, -0.05) is 23.7 Å². The SMILES string of the molecule is Cc1cc(Nc2cc(-c3nccn3C)c(F)c(C[C@@H]3CCN(Cc4cccc(Cl)c4F)[C@H](C)C3)n2)n[nH]1. The molecule has 4 heterocycles. The highest BCUT2D eigenvalue weighted by atomic mass is 35.5. The Morgan fingerprint density at radius 2 is 2.03 bits per heavy atom. The van der Waals surface area contributed by atoms with E-state index in [0.29, 0.717) is 47.2 Å². The number of aryl methyl sites for hydroxylation is 2. The van der Waals surface area contributed by atoms with Crippen LogP contribution >= 0.6 is 11.6 Å². The van der Waals surface area contributed by atoms with Gasteiger partial charge in [0.1, 0.15) is 17.5 Å². The van der Waals surface area contributed by atoms with Gasteiger partial charge in [-0.2, -0.15) is 5.10 Å². The van der Waals surface area contributed by atoms with Crippen molar-refractivity contribution in [2.45, 2.75) is 45.7 Å². The van der Waals surface area contributed by atoms with Gasteiger partial charge < -0.3 is 9.88 Å². The van der Waals surface area contributed by atoms with Crippen LogP contribution in [-0.4, -0.2) is 42.2 Å². The number of H-pyrrole nitrogens is 1. The van der Waals surface area contributed by atoms with Crippen molar-refractivity contribution in [1.82, 2.24) is 29.6 Å². The second kappa shape index (κ2) is 10.6. The zero-order valence-electron chi connectivity index (χ0n) is 21.1. The molecular weight excluding hydrogens is 496 g/mol. The molecule has 10 heteroatoms. The molecule has 2 atom stereocenters. The summed E-state index contributed by atoms with van der Waals surface area (Å²) < 4.78 is 32.0. The molecule has 3 aromatic heterocycles. The monoisotopic (exact) mass is 525 g/mol. The Morgan fingerprint density at radius 3 is 2.73 bits per heavy atom. The van der Waals surface area contributed by atoms with Gasteiger partial charge in [0, 0.05) is 49.4 Å². The Kier molecular flexibility index (Phi) is 7.26. The molecule has 1 aliphatic heterocycles. The number of halogens is 3. The molecule has 1 aliphatic rings. The summed E-state index contributed by atoms with van der Waals surface area (Å²) in [5.74, 6) is 1.20. The first-order chi connectivity index (χ1) is 17.8. The Bertz CT molecular complexity index is 1400. The van der Waals surface area contributed by atoms with E-state index < -0.39 is 0 Å². The van der Waals surface area contributed by atoms with Crippen molar-refractivity contribution < 1.29 is 8.78 Å². The van der Waals surface area contributed by atoms with Crippen molar-refractivity contribution in [1.29, 1.82) is 0 Å². The van der Waals surface area contributed by atoms with Crippen LogP contribution in [0, 0.1) is 24.5 Å². The minimum atomic E-state index is -0.358. The number of rotatable bonds is 7. The van der Waals surface area contributed by atoms with Crippen LogP contribution in [0.4, 0.5) is 20.4 Å². The first-order valence-electron chi connectivity index (χ1n) is 12.4. The van der Waals surface area contributed by atoms with Gasteiger partial charge in [0.05, 0.1) is 16.3 Å². The van der Waals surface area contributed by atoms with E-state index in [1.54, 1.807) is 41.2 Å². The van der Waals surface area contributed by atoms with E-state index in [1.165, 1.54) is 0 Å². The maximum absolute atomic E-state index is 15.8. The smallest absolute Gasteiger partial charge is 0.155 e. The van der Waals surface area contributed by atoms with Crippen molar-refractivity contribution in [3.63, 3.8) is 0 Å². The molecule has 1 fully saturated rings. The summed E-state index contributed by atoms with van der Waals surface area (Å²) in [7, 11) is 1.84. The van der Waals surface area contributed by atoms with Crippen molar-refractivity contribution in [2.75, 3.05) is 11.9 Å². The molecule has 0 spiro atoms. The summed E-state index contributed by atoms with van der Waals surface area (Å²) in [6.07, 6.45) is 5.67. The van der Waals surface area contributed by atoms with Gasteiger partial charge in [0.15, 0.2) is 11.6 Å². The van der Waals surface area contributed by atoms with Crippen LogP contribution in [0.1, 0.15) is 36.7 Å². The number of nitrogens with one attached hydrogen (secondary N) is 2. The fourth-order valence-corrected chi connectivity index (χ4v) is 5.28. The van der Waals surface area contributed by atoms with Gasteiger partial charge in [-0.05, 0) is 57.7 Å². The average Bonchev–Trinajstić information content (AvgIpc) is 3.48. The third kappa shape index (κ3) is 5.52. The van der Waals surface area contributed by atoms with E-state index >= 15 is 4.39 Å². The van der Waals surface area contributed by atoms with Gasteiger partial charge in [0.25, 0.3) is 0 Å². The lowest BCUT2D eigenvalue weighted by Gasteiger charge is -2.38. The lowest BCUT2D eigenvalue weighted by molar-refractivity contribution is 0.113. The van der Waals surface area contributed by atoms with Crippen molar-refractivity contribution in [2.24, 2.45) is 13.0 Å². The average molecular weight is 526 g/mol. The van der Waals surface area contributed by atoms with Gasteiger partial charge in [-0.3, -0.25) is 10.00 Å². The second-order valence-corrected chi connectivity index (χ2v) is 10.3. The maximum atomic E-state index is 15.8. The molecule has 0 unspecified atom stereocenters. The predicted molar refractivity (Wildman–Crippen MR) is 141 cm³/mol. The number of aromatic nitrogens is 5. The maximum Gasteiger partial charge on any atom is 0.155 e. The molecule has 1 saturated heterocycles. The lowest BCUT2D eigenvalue weighted by Crippen LogP contribution is -2.41. The lowest BCUT2D eigenvalue weighted by atomic mass is 9.87.